The van der Waals surface area contributed by atoms with Crippen molar-refractivity contribution in [2.24, 2.45) is 5.92 Å². The molecule has 2 aromatic rings. The molecule has 4 nitrogen and oxygen atoms in total. The van der Waals surface area contributed by atoms with Crippen LogP contribution in [0.25, 0.3) is 0 Å². The largest absolute Gasteiger partial charge is 0.372 e. The van der Waals surface area contributed by atoms with Crippen LogP contribution in [-0.4, -0.2) is 18.6 Å². The van der Waals surface area contributed by atoms with Gasteiger partial charge in [0.1, 0.15) is 6.61 Å². The predicted molar refractivity (Wildman–Crippen MR) is 111 cm³/mol. The van der Waals surface area contributed by atoms with Crippen molar-refractivity contribution in [1.29, 1.82) is 0 Å². The molecule has 1 fully saturated rings. The summed E-state index contributed by atoms with van der Waals surface area (Å²) >= 11 is 0. The first-order chi connectivity index (χ1) is 13.7. The third-order valence-corrected chi connectivity index (χ3v) is 5.20. The molecule has 1 N–H and O–H groups in total. The van der Waals surface area contributed by atoms with E-state index in [9.17, 15) is 4.79 Å². The molecule has 2 aromatic carbocycles. The number of hydrogen-bond donors (Lipinski definition) is 1. The van der Waals surface area contributed by atoms with E-state index in [4.69, 9.17) is 9.47 Å². The fourth-order valence-corrected chi connectivity index (χ4v) is 3.67. The quantitative estimate of drug-likeness (QED) is 0.690. The van der Waals surface area contributed by atoms with Crippen molar-refractivity contribution in [1.82, 2.24) is 5.32 Å². The number of carbonyl (C=O) groups excluding carboxylic acids is 1. The summed E-state index contributed by atoms with van der Waals surface area (Å²) in [5.41, 5.74) is 3.34. The van der Waals surface area contributed by atoms with Gasteiger partial charge in [-0.2, -0.15) is 0 Å². The summed E-state index contributed by atoms with van der Waals surface area (Å²) in [4.78, 5) is 12.1. The van der Waals surface area contributed by atoms with E-state index in [0.29, 0.717) is 25.7 Å². The molecule has 0 aromatic heterocycles. The van der Waals surface area contributed by atoms with Crippen LogP contribution in [0.4, 0.5) is 0 Å². The Kier molecular flexibility index (Phi) is 8.07. The van der Waals surface area contributed by atoms with Crippen LogP contribution in [0.2, 0.25) is 0 Å². The molecule has 0 spiro atoms. The average molecular weight is 382 g/mol. The maximum atomic E-state index is 12.1. The van der Waals surface area contributed by atoms with Crippen molar-refractivity contribution in [3.05, 3.63) is 71.3 Å². The number of rotatable bonds is 9. The van der Waals surface area contributed by atoms with Gasteiger partial charge < -0.3 is 14.8 Å². The van der Waals surface area contributed by atoms with Crippen LogP contribution in [0.3, 0.4) is 0 Å². The molecule has 1 aliphatic carbocycles. The van der Waals surface area contributed by atoms with Crippen molar-refractivity contribution in [2.75, 3.05) is 6.61 Å². The molecule has 2 atom stereocenters. The van der Waals surface area contributed by atoms with Crippen LogP contribution in [-0.2, 0) is 34.0 Å². The second-order valence-corrected chi connectivity index (χ2v) is 7.78. The van der Waals surface area contributed by atoms with Gasteiger partial charge >= 0.3 is 0 Å². The van der Waals surface area contributed by atoms with Crippen LogP contribution in [0, 0.1) is 5.92 Å². The highest BCUT2D eigenvalue weighted by Crippen LogP contribution is 2.25. The summed E-state index contributed by atoms with van der Waals surface area (Å²) in [5, 5.41) is 2.95. The third kappa shape index (κ3) is 7.10. The topological polar surface area (TPSA) is 47.6 Å². The summed E-state index contributed by atoms with van der Waals surface area (Å²) in [6.07, 6.45) is 4.85. The zero-order valence-corrected chi connectivity index (χ0v) is 16.7. The number of ether oxygens (including phenoxy) is 2. The summed E-state index contributed by atoms with van der Waals surface area (Å²) < 4.78 is 11.6. The van der Waals surface area contributed by atoms with Gasteiger partial charge in [-0.15, -0.1) is 0 Å². The van der Waals surface area contributed by atoms with Crippen LogP contribution in [0.5, 0.6) is 0 Å². The van der Waals surface area contributed by atoms with Gasteiger partial charge in [-0.3, -0.25) is 4.79 Å². The third-order valence-electron chi connectivity index (χ3n) is 5.20. The predicted octanol–water partition coefficient (Wildman–Crippen LogP) is 4.61. The Morgan fingerprint density at radius 1 is 1.00 bits per heavy atom. The number of benzene rings is 2. The van der Waals surface area contributed by atoms with Gasteiger partial charge in [0.15, 0.2) is 0 Å². The molecule has 0 bridgehead atoms. The number of hydrogen-bond acceptors (Lipinski definition) is 3. The Balaban J connectivity index is 1.37. The van der Waals surface area contributed by atoms with E-state index in [-0.39, 0.29) is 18.6 Å². The lowest BCUT2D eigenvalue weighted by atomic mass is 9.89. The lowest BCUT2D eigenvalue weighted by Crippen LogP contribution is -2.31. The van der Waals surface area contributed by atoms with Gasteiger partial charge in [0.2, 0.25) is 5.91 Å². The van der Waals surface area contributed by atoms with E-state index < -0.39 is 0 Å². The molecule has 1 saturated carbocycles. The van der Waals surface area contributed by atoms with Crippen molar-refractivity contribution in [3.63, 3.8) is 0 Å². The van der Waals surface area contributed by atoms with E-state index in [2.05, 4.69) is 30.4 Å². The molecule has 0 heterocycles. The second kappa shape index (κ2) is 11.0. The monoisotopic (exact) mass is 381 g/mol. The molecule has 2 unspecified atom stereocenters. The van der Waals surface area contributed by atoms with Crippen molar-refractivity contribution in [3.8, 4) is 0 Å². The fourth-order valence-electron chi connectivity index (χ4n) is 3.67. The SMILES string of the molecule is CC1CCCC(OCC(=O)NCc2cccc(COCc3ccccc3)c2)C1. The van der Waals surface area contributed by atoms with Crippen LogP contribution in [0.1, 0.15) is 49.3 Å². The summed E-state index contributed by atoms with van der Waals surface area (Å²) in [5.74, 6) is 0.651. The fraction of sp³-hybridized carbons (Fsp3) is 0.458. The molecule has 1 aliphatic rings. The molecule has 150 valence electrons. The molecular formula is C24H31NO3. The normalized spacial score (nSPS) is 19.3. The summed E-state index contributed by atoms with van der Waals surface area (Å²) in [6.45, 7) is 4.07. The highest BCUT2D eigenvalue weighted by Gasteiger charge is 2.20. The lowest BCUT2D eigenvalue weighted by Gasteiger charge is -2.26. The minimum absolute atomic E-state index is 0.0519. The zero-order chi connectivity index (χ0) is 19.6. The highest BCUT2D eigenvalue weighted by molar-refractivity contribution is 5.77. The Labute approximate surface area is 168 Å². The molecule has 4 heteroatoms. The first kappa shape index (κ1) is 20.6. The van der Waals surface area contributed by atoms with Gasteiger partial charge in [-0.05, 0) is 35.4 Å². The molecule has 0 saturated heterocycles. The zero-order valence-electron chi connectivity index (χ0n) is 16.7. The second-order valence-electron chi connectivity index (χ2n) is 7.78. The molecule has 0 aliphatic heterocycles. The van der Waals surface area contributed by atoms with Gasteiger partial charge in [0, 0.05) is 6.54 Å². The van der Waals surface area contributed by atoms with Crippen LogP contribution in [0.15, 0.2) is 54.6 Å². The van der Waals surface area contributed by atoms with Crippen LogP contribution < -0.4 is 5.32 Å². The minimum Gasteiger partial charge on any atom is -0.372 e. The standard InChI is InChI=1S/C24H31NO3/c1-19-7-5-12-23(13-19)28-18-24(26)25-15-21-10-6-11-22(14-21)17-27-16-20-8-3-2-4-9-20/h2-4,6,8-11,14,19,23H,5,7,12-13,15-18H2,1H3,(H,25,26). The Bertz CT molecular complexity index is 732. The maximum Gasteiger partial charge on any atom is 0.246 e. The maximum absolute atomic E-state index is 12.1. The lowest BCUT2D eigenvalue weighted by molar-refractivity contribution is -0.128. The van der Waals surface area contributed by atoms with E-state index in [1.165, 1.54) is 18.4 Å². The summed E-state index contributed by atoms with van der Waals surface area (Å²) in [7, 11) is 0. The van der Waals surface area contributed by atoms with Gasteiger partial charge in [-0.1, -0.05) is 74.4 Å². The van der Waals surface area contributed by atoms with E-state index in [1.807, 2.05) is 36.4 Å². The van der Waals surface area contributed by atoms with Gasteiger partial charge in [-0.25, -0.2) is 0 Å². The van der Waals surface area contributed by atoms with Crippen molar-refractivity contribution < 1.29 is 14.3 Å². The first-order valence-electron chi connectivity index (χ1n) is 10.3. The smallest absolute Gasteiger partial charge is 0.246 e. The molecule has 1 amide bonds. The number of amides is 1. The molecule has 28 heavy (non-hydrogen) atoms. The number of nitrogens with one attached hydrogen (secondary N) is 1. The van der Waals surface area contributed by atoms with Gasteiger partial charge in [0.25, 0.3) is 0 Å². The van der Waals surface area contributed by atoms with Crippen LogP contribution >= 0.6 is 0 Å². The number of carbonyl (C=O) groups is 1. The van der Waals surface area contributed by atoms with E-state index >= 15 is 0 Å². The summed E-state index contributed by atoms with van der Waals surface area (Å²) in [6, 6.07) is 18.3. The molecule has 0 radical (unpaired) electrons. The van der Waals surface area contributed by atoms with Crippen molar-refractivity contribution >= 4 is 5.91 Å². The van der Waals surface area contributed by atoms with Gasteiger partial charge in [0.05, 0.1) is 19.3 Å². The molecule has 3 rings (SSSR count). The minimum atomic E-state index is -0.0519. The highest BCUT2D eigenvalue weighted by atomic mass is 16.5. The molecular weight excluding hydrogens is 350 g/mol. The average Bonchev–Trinajstić information content (AvgIpc) is 2.72. The van der Waals surface area contributed by atoms with E-state index in [0.717, 1.165) is 24.0 Å². The van der Waals surface area contributed by atoms with E-state index in [1.54, 1.807) is 0 Å². The Morgan fingerprint density at radius 3 is 2.57 bits per heavy atom. The van der Waals surface area contributed by atoms with Crippen molar-refractivity contribution in [2.45, 2.75) is 58.5 Å². The Morgan fingerprint density at radius 2 is 1.75 bits per heavy atom. The first-order valence-corrected chi connectivity index (χ1v) is 10.3. The Hall–Kier alpha value is -2.17.